The lowest BCUT2D eigenvalue weighted by Gasteiger charge is -2.52. The molecule has 0 aromatic heterocycles. The van der Waals surface area contributed by atoms with E-state index in [2.05, 4.69) is 20.7 Å². The molecule has 0 aromatic rings. The zero-order chi connectivity index (χ0) is 60.6. The number of nitrogens with zero attached hydrogens (tertiary/aromatic N) is 3. The summed E-state index contributed by atoms with van der Waals surface area (Å²) in [4.78, 5) is 41.5. The molecule has 34 nitrogen and oxygen atoms in total. The zero-order valence-corrected chi connectivity index (χ0v) is 45.3. The van der Waals surface area contributed by atoms with Crippen LogP contribution in [0.1, 0.15) is 78.1 Å². The van der Waals surface area contributed by atoms with Gasteiger partial charge < -0.3 is 140 Å². The third kappa shape index (κ3) is 17.5. The minimum atomic E-state index is -3.33. The molecule has 5 saturated heterocycles. The van der Waals surface area contributed by atoms with Crippen LogP contribution in [0.15, 0.2) is 5.11 Å². The number of hydrogen-bond acceptors (Lipinski definition) is 29. The number of aliphatic hydroxyl groups excluding tert-OH is 15. The molecule has 0 saturated carbocycles. The lowest BCUT2D eigenvalue weighted by Crippen LogP contribution is -2.72. The molecule has 0 bridgehead atoms. The normalized spacial score (nSPS) is 40.5. The minimum absolute atomic E-state index is 0.0528. The van der Waals surface area contributed by atoms with Crippen LogP contribution in [-0.2, 0) is 61.8 Å². The maximum atomic E-state index is 13.6. The summed E-state index contributed by atoms with van der Waals surface area (Å²) >= 11 is 0. The molecule has 0 spiro atoms. The number of carbonyl (C=O) groups is 3. The van der Waals surface area contributed by atoms with E-state index in [0.29, 0.717) is 13.0 Å². The highest BCUT2D eigenvalue weighted by Gasteiger charge is 2.62. The fraction of sp³-hybridized carbons (Fsp3) is 0.938. The van der Waals surface area contributed by atoms with Crippen molar-refractivity contribution in [2.75, 3.05) is 46.2 Å². The third-order valence-electron chi connectivity index (χ3n) is 14.8. The summed E-state index contributed by atoms with van der Waals surface area (Å²) in [6, 6.07) is -3.60. The average Bonchev–Trinajstić information content (AvgIpc) is 1.72. The van der Waals surface area contributed by atoms with E-state index in [0.717, 1.165) is 65.2 Å². The first kappa shape index (κ1) is 69.5. The highest BCUT2D eigenvalue weighted by Crippen LogP contribution is 2.41. The van der Waals surface area contributed by atoms with Crippen molar-refractivity contribution in [2.24, 2.45) is 5.11 Å². The van der Waals surface area contributed by atoms with Gasteiger partial charge in [-0.05, 0) is 18.4 Å². The van der Waals surface area contributed by atoms with Gasteiger partial charge in [0.1, 0.15) is 116 Å². The number of unbranched alkanes of at least 4 members (excludes halogenated alkanes) is 8. The Labute approximate surface area is 469 Å². The molecule has 474 valence electrons. The van der Waals surface area contributed by atoms with Crippen LogP contribution in [0.2, 0.25) is 0 Å². The van der Waals surface area contributed by atoms with Crippen molar-refractivity contribution in [3.63, 3.8) is 0 Å². The number of ether oxygens (including phenoxy) is 10. The quantitative estimate of drug-likeness (QED) is 0.0133. The molecule has 82 heavy (non-hydrogen) atoms. The predicted molar refractivity (Wildman–Crippen MR) is 266 cm³/mol. The second-order valence-electron chi connectivity index (χ2n) is 20.8. The monoisotopic (exact) mass is 1190 g/mol. The Morgan fingerprint density at radius 2 is 1.07 bits per heavy atom. The first-order chi connectivity index (χ1) is 39.0. The Morgan fingerprint density at radius 3 is 1.65 bits per heavy atom. The van der Waals surface area contributed by atoms with Crippen molar-refractivity contribution in [2.45, 2.75) is 237 Å². The van der Waals surface area contributed by atoms with Gasteiger partial charge in [-0.2, -0.15) is 0 Å². The number of carbonyl (C=O) groups excluding carboxylic acids is 2. The highest BCUT2D eigenvalue weighted by molar-refractivity contribution is 5.76. The van der Waals surface area contributed by atoms with Gasteiger partial charge in [0, 0.05) is 38.3 Å². The van der Waals surface area contributed by atoms with Crippen molar-refractivity contribution < 1.29 is 143 Å². The molecule has 26 atom stereocenters. The average molecular weight is 1190 g/mol. The zero-order valence-electron chi connectivity index (χ0n) is 45.3. The fourth-order valence-electron chi connectivity index (χ4n) is 10.4. The molecule has 2 amide bonds. The number of aliphatic hydroxyl groups is 15. The summed E-state index contributed by atoms with van der Waals surface area (Å²) in [6.45, 7) is -2.84. The van der Waals surface area contributed by atoms with E-state index in [4.69, 9.17) is 52.9 Å². The van der Waals surface area contributed by atoms with Gasteiger partial charge in [-0.15, -0.1) is 0 Å². The Balaban J connectivity index is 1.46. The number of azide groups is 1. The second kappa shape index (κ2) is 33.0. The number of rotatable bonds is 31. The second-order valence-corrected chi connectivity index (χ2v) is 20.8. The van der Waals surface area contributed by atoms with E-state index in [9.17, 15) is 96.1 Å². The van der Waals surface area contributed by atoms with E-state index < -0.39 is 216 Å². The van der Waals surface area contributed by atoms with Crippen molar-refractivity contribution in [1.82, 2.24) is 10.6 Å². The number of nitrogens with one attached hydrogen (secondary N) is 2. The van der Waals surface area contributed by atoms with Gasteiger partial charge in [-0.1, -0.05) is 50.1 Å². The first-order valence-corrected chi connectivity index (χ1v) is 27.2. The molecular formula is C48H83N5O29. The largest absolute Gasteiger partial charge is 0.477 e. The molecule has 0 unspecified atom stereocenters. The summed E-state index contributed by atoms with van der Waals surface area (Å²) in [6.07, 6.45) is -39.6. The Morgan fingerprint density at radius 1 is 0.585 bits per heavy atom. The van der Waals surface area contributed by atoms with Crippen LogP contribution in [0.3, 0.4) is 0 Å². The van der Waals surface area contributed by atoms with E-state index >= 15 is 0 Å². The van der Waals surface area contributed by atoms with Gasteiger partial charge in [0.05, 0.1) is 45.2 Å². The van der Waals surface area contributed by atoms with Gasteiger partial charge in [-0.25, -0.2) is 4.79 Å². The van der Waals surface area contributed by atoms with Crippen molar-refractivity contribution in [1.29, 1.82) is 0 Å². The third-order valence-corrected chi connectivity index (χ3v) is 14.8. The molecule has 34 heteroatoms. The lowest BCUT2D eigenvalue weighted by atomic mass is 9.88. The van der Waals surface area contributed by atoms with Crippen molar-refractivity contribution >= 4 is 17.8 Å². The summed E-state index contributed by atoms with van der Waals surface area (Å²) in [7, 11) is 0. The number of amides is 2. The number of hydrogen-bond donors (Lipinski definition) is 18. The Kier molecular flexibility index (Phi) is 28.0. The topological polar surface area (TPSA) is 540 Å². The molecule has 18 N–H and O–H groups in total. The highest BCUT2D eigenvalue weighted by atomic mass is 16.8. The lowest BCUT2D eigenvalue weighted by molar-refractivity contribution is -0.403. The van der Waals surface area contributed by atoms with Crippen LogP contribution >= 0.6 is 0 Å². The van der Waals surface area contributed by atoms with E-state index in [1.165, 1.54) is 0 Å². The smallest absolute Gasteiger partial charge is 0.364 e. The maximum absolute atomic E-state index is 13.6. The van der Waals surface area contributed by atoms with Gasteiger partial charge >= 0.3 is 5.97 Å². The molecule has 5 rings (SSSR count). The van der Waals surface area contributed by atoms with Crippen LogP contribution in [0.25, 0.3) is 10.4 Å². The Bertz CT molecular complexity index is 2000. The number of carboxylic acids is 1. The maximum Gasteiger partial charge on any atom is 0.364 e. The van der Waals surface area contributed by atoms with E-state index in [-0.39, 0.29) is 6.61 Å². The summed E-state index contributed by atoms with van der Waals surface area (Å²) in [5.74, 6) is -7.22. The van der Waals surface area contributed by atoms with Crippen molar-refractivity contribution in [3.05, 3.63) is 10.4 Å². The van der Waals surface area contributed by atoms with Crippen LogP contribution in [0, 0.1) is 0 Å². The van der Waals surface area contributed by atoms with Gasteiger partial charge in [0.15, 0.2) is 25.2 Å². The summed E-state index contributed by atoms with van der Waals surface area (Å²) in [5, 5.41) is 182. The van der Waals surface area contributed by atoms with Gasteiger partial charge in [-0.3, -0.25) is 9.59 Å². The van der Waals surface area contributed by atoms with Crippen molar-refractivity contribution in [3.8, 4) is 0 Å². The van der Waals surface area contributed by atoms with Crippen LogP contribution in [0.5, 0.6) is 0 Å². The van der Waals surface area contributed by atoms with E-state index in [1.54, 1.807) is 0 Å². The molecule has 5 fully saturated rings. The molecule has 0 aromatic carbocycles. The van der Waals surface area contributed by atoms with E-state index in [1.807, 2.05) is 0 Å². The number of carboxylic acid groups (broad SMARTS) is 1. The van der Waals surface area contributed by atoms with Crippen LogP contribution in [0.4, 0.5) is 0 Å². The SMILES string of the molecule is CC(=O)N[C@H]1[C@H](O[C@@H]2[C@H](O[C@]3(C(=O)O)C[C@H](O)[C@@H](NC(C)=O)[C@H]([C@H](O)[C@H](O)CO)O3)[C@@H](O)[C@H](O[C@H]3[C@H](O)[C@@H](O)[C@H](OCCCCCCCCCCCN=[N+]=[N-])O[C@@H]3CO)O[C@@H]2CO)O[C@H](CO)[C@H](O)[C@@H]1O[C@@H]1O[C@H](CO)[C@H](O)[C@H](O)[C@H]1O. The van der Waals surface area contributed by atoms with Gasteiger partial charge in [0.25, 0.3) is 5.79 Å². The molecular weight excluding hydrogens is 1110 g/mol. The van der Waals surface area contributed by atoms with Crippen LogP contribution < -0.4 is 10.6 Å². The Hall–Kier alpha value is -3.28. The summed E-state index contributed by atoms with van der Waals surface area (Å²) < 4.78 is 59.0. The minimum Gasteiger partial charge on any atom is -0.477 e. The summed E-state index contributed by atoms with van der Waals surface area (Å²) in [5.41, 5.74) is 8.39. The standard InChI is InChI=1S/C48H83N5O29/c1-20(59)51-28-22(61)14-48(47(71)72,81-41(28)30(63)23(62)15-54)82-42-37(70)46(78-38-26(18-57)76-44(36(69)34(38)67)73-13-11-9-7-5-3-4-6-8-10-12-50-53-49)77-27(19-58)39(42)79-43-29(52-21(2)60)40(32(65)25(17-56)74-43)80-45-35(68)33(66)31(64)24(16-55)75-45/h22-46,54-58,61-70H,3-19H2,1-2H3,(H,51,59)(H,52,60)(H,71,72)/t22-,23+,24+,25+,26+,27+,28+,29+,30+,31-,32-,33-,34+,35+,36+,37+,38+,39-,40+,41+,42+,43-,44+,45-,46-,48-/m0/s1. The molecule has 5 aliphatic rings. The molecule has 5 heterocycles. The fourth-order valence-corrected chi connectivity index (χ4v) is 10.4. The molecule has 0 radical (unpaired) electrons. The molecule has 5 aliphatic heterocycles. The van der Waals surface area contributed by atoms with Crippen LogP contribution in [-0.4, -0.2) is 305 Å². The molecule has 0 aliphatic carbocycles. The first-order valence-electron chi connectivity index (χ1n) is 27.2. The predicted octanol–water partition coefficient (Wildman–Crippen LogP) is -7.59. The number of aliphatic carboxylic acids is 1. The van der Waals surface area contributed by atoms with Gasteiger partial charge in [0.2, 0.25) is 11.8 Å².